The molecular formula is C28H46N8S. The third-order valence-corrected chi connectivity index (χ3v) is 8.57. The zero-order valence-electron chi connectivity index (χ0n) is 23.6. The van der Waals surface area contributed by atoms with E-state index in [1.165, 1.54) is 24.1 Å². The Bertz CT molecular complexity index is 1120. The van der Waals surface area contributed by atoms with Crippen LogP contribution in [0.15, 0.2) is 12.1 Å². The summed E-state index contributed by atoms with van der Waals surface area (Å²) in [6.07, 6.45) is 5.94. The number of aromatic nitrogens is 4. The van der Waals surface area contributed by atoms with Crippen molar-refractivity contribution < 1.29 is 0 Å². The van der Waals surface area contributed by atoms with Gasteiger partial charge in [-0.2, -0.15) is 10.1 Å². The molecule has 204 valence electrons. The first-order valence-electron chi connectivity index (χ1n) is 14.1. The maximum absolute atomic E-state index is 5.04. The lowest BCUT2D eigenvalue weighted by Gasteiger charge is -2.31. The summed E-state index contributed by atoms with van der Waals surface area (Å²) < 4.78 is 0. The number of rotatable bonds is 13. The predicted octanol–water partition coefficient (Wildman–Crippen LogP) is 6.26. The minimum atomic E-state index is 0.360. The number of aromatic amines is 1. The van der Waals surface area contributed by atoms with Gasteiger partial charge in [-0.05, 0) is 44.7 Å². The fraction of sp³-hybridized carbons (Fsp3) is 0.679. The van der Waals surface area contributed by atoms with Gasteiger partial charge < -0.3 is 15.5 Å². The van der Waals surface area contributed by atoms with Crippen LogP contribution < -0.4 is 10.6 Å². The lowest BCUT2D eigenvalue weighted by molar-refractivity contribution is 0.149. The second-order valence-corrected chi connectivity index (χ2v) is 12.3. The van der Waals surface area contributed by atoms with Crippen LogP contribution in [0.4, 0.5) is 17.6 Å². The van der Waals surface area contributed by atoms with Crippen LogP contribution in [0, 0.1) is 18.8 Å². The smallest absolute Gasteiger partial charge is 0.226 e. The van der Waals surface area contributed by atoms with Crippen molar-refractivity contribution >= 4 is 39.1 Å². The molecule has 0 amide bonds. The Morgan fingerprint density at radius 3 is 2.49 bits per heavy atom. The van der Waals surface area contributed by atoms with Crippen molar-refractivity contribution in [2.45, 2.75) is 79.3 Å². The summed E-state index contributed by atoms with van der Waals surface area (Å²) in [5.74, 6) is 3.66. The van der Waals surface area contributed by atoms with Crippen molar-refractivity contribution in [2.24, 2.45) is 11.8 Å². The van der Waals surface area contributed by atoms with Crippen LogP contribution in [0.25, 0.3) is 10.2 Å². The molecule has 3 aromatic heterocycles. The monoisotopic (exact) mass is 526 g/mol. The van der Waals surface area contributed by atoms with Gasteiger partial charge in [0.25, 0.3) is 0 Å². The summed E-state index contributed by atoms with van der Waals surface area (Å²) in [5.41, 5.74) is 1.02. The molecule has 3 N–H and O–H groups in total. The molecule has 0 spiro atoms. The molecular weight excluding hydrogens is 480 g/mol. The van der Waals surface area contributed by atoms with Gasteiger partial charge in [-0.15, -0.1) is 11.3 Å². The fourth-order valence-electron chi connectivity index (χ4n) is 5.18. The number of anilines is 3. The van der Waals surface area contributed by atoms with Gasteiger partial charge in [-0.3, -0.25) is 10.00 Å². The number of piperazine rings is 1. The highest BCUT2D eigenvalue weighted by molar-refractivity contribution is 7.18. The van der Waals surface area contributed by atoms with E-state index in [2.05, 4.69) is 71.4 Å². The molecule has 0 aromatic carbocycles. The molecule has 0 aliphatic carbocycles. The van der Waals surface area contributed by atoms with Crippen molar-refractivity contribution in [1.29, 1.82) is 0 Å². The maximum Gasteiger partial charge on any atom is 0.226 e. The average Bonchev–Trinajstić information content (AvgIpc) is 3.45. The number of hydrogen-bond donors (Lipinski definition) is 3. The van der Waals surface area contributed by atoms with Crippen LogP contribution in [-0.2, 0) is 6.54 Å². The Morgan fingerprint density at radius 1 is 1.05 bits per heavy atom. The SMILES string of the molecule is CCCC(C)CC(CC(C)CC)Nc1nc(Nc2cc(C)[nH]n2)c2cc(CN3CCN(C)CC3)sc2n1. The largest absolute Gasteiger partial charge is 0.351 e. The first-order valence-corrected chi connectivity index (χ1v) is 14.9. The Hall–Kier alpha value is -2.23. The fourth-order valence-corrected chi connectivity index (χ4v) is 6.25. The Balaban J connectivity index is 1.61. The summed E-state index contributed by atoms with van der Waals surface area (Å²) in [6.45, 7) is 16.7. The number of nitrogens with zero attached hydrogens (tertiary/aromatic N) is 5. The Kier molecular flexibility index (Phi) is 9.78. The normalized spacial score (nSPS) is 17.7. The van der Waals surface area contributed by atoms with E-state index in [9.17, 15) is 0 Å². The highest BCUT2D eigenvalue weighted by atomic mass is 32.1. The minimum Gasteiger partial charge on any atom is -0.351 e. The quantitative estimate of drug-likeness (QED) is 0.242. The van der Waals surface area contributed by atoms with Crippen molar-refractivity contribution in [3.8, 4) is 0 Å². The Labute approximate surface area is 226 Å². The molecule has 9 heteroatoms. The predicted molar refractivity (Wildman–Crippen MR) is 157 cm³/mol. The molecule has 37 heavy (non-hydrogen) atoms. The number of fused-ring (bicyclic) bond motifs is 1. The highest BCUT2D eigenvalue weighted by Gasteiger charge is 2.21. The van der Waals surface area contributed by atoms with Crippen LogP contribution in [0.2, 0.25) is 0 Å². The summed E-state index contributed by atoms with van der Waals surface area (Å²) >= 11 is 1.79. The van der Waals surface area contributed by atoms with E-state index in [1.807, 2.05) is 13.0 Å². The highest BCUT2D eigenvalue weighted by Crippen LogP contribution is 2.33. The Morgan fingerprint density at radius 2 is 1.81 bits per heavy atom. The van der Waals surface area contributed by atoms with Gasteiger partial charge in [-0.1, -0.05) is 47.0 Å². The van der Waals surface area contributed by atoms with Crippen molar-refractivity contribution in [3.05, 3.63) is 22.7 Å². The average molecular weight is 527 g/mol. The third kappa shape index (κ3) is 7.88. The number of hydrogen-bond acceptors (Lipinski definition) is 8. The van der Waals surface area contributed by atoms with Crippen LogP contribution in [0.1, 0.15) is 70.4 Å². The van der Waals surface area contributed by atoms with Gasteiger partial charge in [0.2, 0.25) is 5.95 Å². The first-order chi connectivity index (χ1) is 17.8. The molecule has 4 heterocycles. The standard InChI is InChI=1S/C28H46N8S/c1-7-9-20(4)15-22(14-19(3)8-2)29-28-31-26(30-25-16-21(5)33-34-25)24-17-23(37-27(24)32-28)18-36-12-10-35(6)11-13-36/h16-17,19-20,22H,7-15,18H2,1-6H3,(H3,29,30,31,32,33,34). The van der Waals surface area contributed by atoms with E-state index < -0.39 is 0 Å². The van der Waals surface area contributed by atoms with Gasteiger partial charge in [0.05, 0.1) is 5.39 Å². The van der Waals surface area contributed by atoms with E-state index in [0.29, 0.717) is 23.8 Å². The van der Waals surface area contributed by atoms with Crippen LogP contribution in [0.3, 0.4) is 0 Å². The summed E-state index contributed by atoms with van der Waals surface area (Å²) in [5, 5.41) is 15.7. The zero-order chi connectivity index (χ0) is 26.4. The van der Waals surface area contributed by atoms with Crippen LogP contribution in [0.5, 0.6) is 0 Å². The molecule has 1 aliphatic rings. The second-order valence-electron chi connectivity index (χ2n) is 11.2. The van der Waals surface area contributed by atoms with Crippen molar-refractivity contribution in [2.75, 3.05) is 43.9 Å². The molecule has 3 atom stereocenters. The van der Waals surface area contributed by atoms with Crippen LogP contribution in [-0.4, -0.2) is 69.2 Å². The second kappa shape index (κ2) is 13.0. The summed E-state index contributed by atoms with van der Waals surface area (Å²) in [6, 6.07) is 4.64. The topological polar surface area (TPSA) is 85.0 Å². The molecule has 3 aromatic rings. The number of aryl methyl sites for hydroxylation is 1. The lowest BCUT2D eigenvalue weighted by atomic mass is 9.91. The molecule has 1 aliphatic heterocycles. The first kappa shape index (κ1) is 27.8. The summed E-state index contributed by atoms with van der Waals surface area (Å²) in [4.78, 5) is 17.3. The third-order valence-electron chi connectivity index (χ3n) is 7.56. The van der Waals surface area contributed by atoms with Crippen molar-refractivity contribution in [3.63, 3.8) is 0 Å². The van der Waals surface area contributed by atoms with Gasteiger partial charge >= 0.3 is 0 Å². The number of H-pyrrole nitrogens is 1. The zero-order valence-corrected chi connectivity index (χ0v) is 24.4. The minimum absolute atomic E-state index is 0.360. The molecule has 0 radical (unpaired) electrons. The molecule has 8 nitrogen and oxygen atoms in total. The van der Waals surface area contributed by atoms with E-state index in [4.69, 9.17) is 9.97 Å². The molecule has 1 saturated heterocycles. The van der Waals surface area contributed by atoms with E-state index >= 15 is 0 Å². The van der Waals surface area contributed by atoms with E-state index in [0.717, 1.165) is 73.1 Å². The van der Waals surface area contributed by atoms with E-state index in [1.54, 1.807) is 11.3 Å². The molecule has 1 fully saturated rings. The number of likely N-dealkylation sites (N-methyl/N-ethyl adjacent to an activating group) is 1. The summed E-state index contributed by atoms with van der Waals surface area (Å²) in [7, 11) is 2.20. The lowest BCUT2D eigenvalue weighted by Crippen LogP contribution is -2.43. The molecule has 4 rings (SSSR count). The number of thiophene rings is 1. The molecule has 0 saturated carbocycles. The number of nitrogens with one attached hydrogen (secondary N) is 3. The van der Waals surface area contributed by atoms with Gasteiger partial charge in [0, 0.05) is 55.4 Å². The molecule has 0 bridgehead atoms. The van der Waals surface area contributed by atoms with Gasteiger partial charge in [0.1, 0.15) is 10.6 Å². The maximum atomic E-state index is 5.04. The van der Waals surface area contributed by atoms with Gasteiger partial charge in [-0.25, -0.2) is 4.98 Å². The molecule has 3 unspecified atom stereocenters. The van der Waals surface area contributed by atoms with Gasteiger partial charge in [0.15, 0.2) is 5.82 Å². The van der Waals surface area contributed by atoms with Crippen LogP contribution >= 0.6 is 11.3 Å². The van der Waals surface area contributed by atoms with E-state index in [-0.39, 0.29) is 0 Å². The van der Waals surface area contributed by atoms with Crippen molar-refractivity contribution in [1.82, 2.24) is 30.0 Å².